The van der Waals surface area contributed by atoms with Gasteiger partial charge in [-0.05, 0) is 6.92 Å². The lowest BCUT2D eigenvalue weighted by Crippen LogP contribution is -2.10. The Morgan fingerprint density at radius 2 is 2.07 bits per heavy atom. The van der Waals surface area contributed by atoms with E-state index in [-0.39, 0.29) is 0 Å². The van der Waals surface area contributed by atoms with Gasteiger partial charge in [-0.15, -0.1) is 0 Å². The molecule has 15 heavy (non-hydrogen) atoms. The van der Waals surface area contributed by atoms with Crippen molar-refractivity contribution in [3.63, 3.8) is 0 Å². The molecule has 2 rings (SSSR count). The van der Waals surface area contributed by atoms with E-state index >= 15 is 0 Å². The topological polar surface area (TPSA) is 38.0 Å². The van der Waals surface area contributed by atoms with Crippen molar-refractivity contribution in [2.45, 2.75) is 19.6 Å². The maximum Gasteiger partial charge on any atom is 0.161 e. The third kappa shape index (κ3) is 1.83. The van der Waals surface area contributed by atoms with Gasteiger partial charge < -0.3 is 9.67 Å². The third-order valence-electron chi connectivity index (χ3n) is 2.12. The van der Waals surface area contributed by atoms with Crippen LogP contribution in [0.4, 0.5) is 8.78 Å². The summed E-state index contributed by atoms with van der Waals surface area (Å²) in [5.74, 6) is -1.82. The van der Waals surface area contributed by atoms with Crippen LogP contribution in [0, 0.1) is 11.6 Å². The van der Waals surface area contributed by atoms with Crippen molar-refractivity contribution in [3.8, 4) is 0 Å². The van der Waals surface area contributed by atoms with Crippen LogP contribution in [0.25, 0.3) is 11.0 Å². The van der Waals surface area contributed by atoms with Gasteiger partial charge in [0, 0.05) is 18.7 Å². The molecule has 1 heterocycles. The van der Waals surface area contributed by atoms with Gasteiger partial charge in [0.1, 0.15) is 0 Å². The molecule has 3 nitrogen and oxygen atoms in total. The van der Waals surface area contributed by atoms with Crippen LogP contribution in [0.15, 0.2) is 18.5 Å². The minimum absolute atomic E-state index is 0.307. The van der Waals surface area contributed by atoms with E-state index in [1.54, 1.807) is 11.5 Å². The highest BCUT2D eigenvalue weighted by Gasteiger charge is 2.09. The molecule has 1 aromatic heterocycles. The fraction of sp³-hybridized carbons (Fsp3) is 0.300. The van der Waals surface area contributed by atoms with Crippen LogP contribution in [0.2, 0.25) is 0 Å². The lowest BCUT2D eigenvalue weighted by atomic mass is 10.3. The number of imidazole rings is 1. The summed E-state index contributed by atoms with van der Waals surface area (Å²) in [6.45, 7) is 1.92. The van der Waals surface area contributed by atoms with Crippen molar-refractivity contribution in [2.24, 2.45) is 0 Å². The second kappa shape index (κ2) is 3.58. The Morgan fingerprint density at radius 3 is 2.73 bits per heavy atom. The highest BCUT2D eigenvalue weighted by Crippen LogP contribution is 2.17. The number of hydrogen-bond acceptors (Lipinski definition) is 2. The first kappa shape index (κ1) is 10.0. The molecule has 0 bridgehead atoms. The van der Waals surface area contributed by atoms with Gasteiger partial charge in [0.25, 0.3) is 0 Å². The summed E-state index contributed by atoms with van der Waals surface area (Å²) in [7, 11) is 0. The van der Waals surface area contributed by atoms with Gasteiger partial charge in [0.2, 0.25) is 0 Å². The van der Waals surface area contributed by atoms with Crippen molar-refractivity contribution in [1.29, 1.82) is 0 Å². The summed E-state index contributed by atoms with van der Waals surface area (Å²) >= 11 is 0. The Bertz CT molecular complexity index is 493. The minimum atomic E-state index is -0.912. The summed E-state index contributed by atoms with van der Waals surface area (Å²) < 4.78 is 27.4. The number of halogens is 2. The maximum atomic E-state index is 13.0. The molecule has 1 aromatic carbocycles. The maximum absolute atomic E-state index is 13.0. The van der Waals surface area contributed by atoms with E-state index in [2.05, 4.69) is 4.98 Å². The zero-order chi connectivity index (χ0) is 11.0. The van der Waals surface area contributed by atoms with E-state index in [0.29, 0.717) is 17.6 Å². The van der Waals surface area contributed by atoms with E-state index in [0.717, 1.165) is 12.1 Å². The van der Waals surface area contributed by atoms with Gasteiger partial charge in [-0.2, -0.15) is 0 Å². The second-order valence-electron chi connectivity index (χ2n) is 3.50. The molecule has 0 radical (unpaired) electrons. The zero-order valence-electron chi connectivity index (χ0n) is 8.11. The van der Waals surface area contributed by atoms with Crippen molar-refractivity contribution in [3.05, 3.63) is 30.1 Å². The number of hydrogen-bond donors (Lipinski definition) is 1. The Balaban J connectivity index is 2.54. The summed E-state index contributed by atoms with van der Waals surface area (Å²) in [4.78, 5) is 3.92. The number of benzene rings is 1. The van der Waals surface area contributed by atoms with Crippen molar-refractivity contribution in [2.75, 3.05) is 0 Å². The largest absolute Gasteiger partial charge is 0.392 e. The first-order valence-corrected chi connectivity index (χ1v) is 4.56. The van der Waals surface area contributed by atoms with Crippen LogP contribution in [0.3, 0.4) is 0 Å². The molecule has 0 amide bonds. The highest BCUT2D eigenvalue weighted by atomic mass is 19.2. The average Bonchev–Trinajstić information content (AvgIpc) is 2.49. The zero-order valence-corrected chi connectivity index (χ0v) is 8.11. The molecule has 0 spiro atoms. The van der Waals surface area contributed by atoms with Gasteiger partial charge in [-0.3, -0.25) is 0 Å². The Labute approximate surface area is 85.0 Å². The quantitative estimate of drug-likeness (QED) is 0.822. The summed E-state index contributed by atoms with van der Waals surface area (Å²) in [6.07, 6.45) is 0.895. The molecule has 5 heteroatoms. The molecule has 0 unspecified atom stereocenters. The standard InChI is InChI=1S/C10H10F2N2O/c1-6(15)4-14-5-13-9-2-7(11)8(12)3-10(9)14/h2-3,5-6,15H,4H2,1H3/t6-/m0/s1. The number of fused-ring (bicyclic) bond motifs is 1. The van der Waals surface area contributed by atoms with Crippen LogP contribution in [0.1, 0.15) is 6.92 Å². The molecule has 0 aliphatic heterocycles. The predicted octanol–water partition coefficient (Wildman–Crippen LogP) is 1.70. The van der Waals surface area contributed by atoms with Gasteiger partial charge >= 0.3 is 0 Å². The van der Waals surface area contributed by atoms with E-state index in [9.17, 15) is 13.9 Å². The average molecular weight is 212 g/mol. The van der Waals surface area contributed by atoms with Crippen LogP contribution in [-0.4, -0.2) is 20.8 Å². The monoisotopic (exact) mass is 212 g/mol. The van der Waals surface area contributed by atoms with E-state index in [4.69, 9.17) is 0 Å². The Hall–Kier alpha value is -1.49. The Kier molecular flexibility index (Phi) is 2.40. The fourth-order valence-corrected chi connectivity index (χ4v) is 1.48. The number of rotatable bonds is 2. The van der Waals surface area contributed by atoms with Gasteiger partial charge in [0.15, 0.2) is 11.6 Å². The SMILES string of the molecule is C[C@H](O)Cn1cnc2cc(F)c(F)cc21. The fourth-order valence-electron chi connectivity index (χ4n) is 1.48. The minimum Gasteiger partial charge on any atom is -0.392 e. The highest BCUT2D eigenvalue weighted by molar-refractivity contribution is 5.75. The number of nitrogens with zero attached hydrogens (tertiary/aromatic N) is 2. The first-order chi connectivity index (χ1) is 7.08. The lowest BCUT2D eigenvalue weighted by Gasteiger charge is -2.06. The summed E-state index contributed by atoms with van der Waals surface area (Å²) in [5.41, 5.74) is 0.865. The molecule has 0 saturated carbocycles. The molecule has 2 aromatic rings. The second-order valence-corrected chi connectivity index (χ2v) is 3.50. The lowest BCUT2D eigenvalue weighted by molar-refractivity contribution is 0.175. The molecule has 0 fully saturated rings. The molecule has 0 saturated heterocycles. The van der Waals surface area contributed by atoms with Crippen LogP contribution >= 0.6 is 0 Å². The van der Waals surface area contributed by atoms with E-state index < -0.39 is 17.7 Å². The van der Waals surface area contributed by atoms with Gasteiger partial charge in [-0.1, -0.05) is 0 Å². The molecule has 0 aliphatic carbocycles. The van der Waals surface area contributed by atoms with E-state index in [1.807, 2.05) is 0 Å². The van der Waals surface area contributed by atoms with Gasteiger partial charge in [-0.25, -0.2) is 13.8 Å². The molecule has 1 atom stereocenters. The third-order valence-corrected chi connectivity index (χ3v) is 2.12. The van der Waals surface area contributed by atoms with E-state index in [1.165, 1.54) is 6.33 Å². The smallest absolute Gasteiger partial charge is 0.161 e. The van der Waals surface area contributed by atoms with Crippen molar-refractivity contribution >= 4 is 11.0 Å². The molecule has 0 aliphatic rings. The van der Waals surface area contributed by atoms with Crippen LogP contribution in [0.5, 0.6) is 0 Å². The normalized spacial score (nSPS) is 13.3. The number of aliphatic hydroxyl groups is 1. The first-order valence-electron chi connectivity index (χ1n) is 4.56. The summed E-state index contributed by atoms with van der Waals surface area (Å²) in [5, 5.41) is 9.19. The molecule has 1 N–H and O–H groups in total. The van der Waals surface area contributed by atoms with Crippen LogP contribution in [-0.2, 0) is 6.54 Å². The predicted molar refractivity (Wildman–Crippen MR) is 51.3 cm³/mol. The molecule has 80 valence electrons. The Morgan fingerprint density at radius 1 is 1.40 bits per heavy atom. The number of aliphatic hydroxyl groups excluding tert-OH is 1. The number of aromatic nitrogens is 2. The van der Waals surface area contributed by atoms with Crippen molar-refractivity contribution in [1.82, 2.24) is 9.55 Å². The van der Waals surface area contributed by atoms with Gasteiger partial charge in [0.05, 0.1) is 23.5 Å². The summed E-state index contributed by atoms with van der Waals surface area (Å²) in [6, 6.07) is 2.13. The molecular weight excluding hydrogens is 202 g/mol. The van der Waals surface area contributed by atoms with Crippen LogP contribution < -0.4 is 0 Å². The molecular formula is C10H10F2N2O. The van der Waals surface area contributed by atoms with Crippen molar-refractivity contribution < 1.29 is 13.9 Å².